The molecule has 1 aromatic rings. The molecule has 0 bridgehead atoms. The van der Waals surface area contributed by atoms with Gasteiger partial charge in [0, 0.05) is 19.2 Å². The van der Waals surface area contributed by atoms with Gasteiger partial charge in [-0.1, -0.05) is 6.08 Å². The van der Waals surface area contributed by atoms with Gasteiger partial charge in [-0.3, -0.25) is 9.59 Å². The number of anilines is 2. The molecule has 0 atom stereocenters. The molecule has 0 aliphatic rings. The number of nitrogens with one attached hydrogen (secondary N) is 3. The topological polar surface area (TPSA) is 70.2 Å². The van der Waals surface area contributed by atoms with Gasteiger partial charge in [0.25, 0.3) is 0 Å². The zero-order chi connectivity index (χ0) is 14.3. The summed E-state index contributed by atoms with van der Waals surface area (Å²) in [6.07, 6.45) is 1.62. The van der Waals surface area contributed by atoms with E-state index in [0.717, 1.165) is 0 Å². The van der Waals surface area contributed by atoms with E-state index in [2.05, 4.69) is 22.5 Å². The third-order valence-electron chi connectivity index (χ3n) is 2.14. The zero-order valence-electron chi connectivity index (χ0n) is 10.6. The average Bonchev–Trinajstić information content (AvgIpc) is 2.33. The predicted octanol–water partition coefficient (Wildman–Crippen LogP) is 1.50. The van der Waals surface area contributed by atoms with E-state index in [1.54, 1.807) is 6.08 Å². The van der Waals surface area contributed by atoms with Crippen molar-refractivity contribution in [1.29, 1.82) is 0 Å². The number of halogens is 1. The first-order chi connectivity index (χ1) is 9.02. The van der Waals surface area contributed by atoms with Crippen molar-refractivity contribution in [2.45, 2.75) is 6.92 Å². The van der Waals surface area contributed by atoms with Gasteiger partial charge < -0.3 is 16.0 Å². The Morgan fingerprint density at radius 3 is 2.74 bits per heavy atom. The fourth-order valence-electron chi connectivity index (χ4n) is 1.38. The molecule has 1 rings (SSSR count). The van der Waals surface area contributed by atoms with Crippen LogP contribution >= 0.6 is 0 Å². The molecule has 0 spiro atoms. The Bertz CT molecular complexity index is 489. The van der Waals surface area contributed by atoms with E-state index in [-0.39, 0.29) is 24.0 Å². The second-order valence-corrected chi connectivity index (χ2v) is 3.84. The van der Waals surface area contributed by atoms with E-state index in [1.165, 1.54) is 25.1 Å². The molecule has 0 saturated heterocycles. The van der Waals surface area contributed by atoms with Crippen LogP contribution in [0.25, 0.3) is 0 Å². The summed E-state index contributed by atoms with van der Waals surface area (Å²) >= 11 is 0. The molecule has 0 saturated carbocycles. The first-order valence-corrected chi connectivity index (χ1v) is 5.71. The van der Waals surface area contributed by atoms with Crippen LogP contribution in [-0.4, -0.2) is 24.9 Å². The summed E-state index contributed by atoms with van der Waals surface area (Å²) in [6.45, 7) is 5.39. The largest absolute Gasteiger partial charge is 0.326 e. The third kappa shape index (κ3) is 5.31. The SMILES string of the molecule is C=CCNCC(=O)Nc1cc(NC(C)=O)ccc1F. The quantitative estimate of drug-likeness (QED) is 0.539. The van der Waals surface area contributed by atoms with Crippen molar-refractivity contribution in [3.05, 3.63) is 36.7 Å². The molecule has 5 nitrogen and oxygen atoms in total. The fourth-order valence-corrected chi connectivity index (χ4v) is 1.38. The molecular weight excluding hydrogens is 249 g/mol. The van der Waals surface area contributed by atoms with Crippen LogP contribution < -0.4 is 16.0 Å². The van der Waals surface area contributed by atoms with Crippen LogP contribution in [0, 0.1) is 5.82 Å². The standard InChI is InChI=1S/C13H16FN3O2/c1-3-6-15-8-13(19)17-12-7-10(16-9(2)18)4-5-11(12)14/h3-5,7,15H,1,6,8H2,2H3,(H,16,18)(H,17,19). The maximum atomic E-state index is 13.5. The van der Waals surface area contributed by atoms with Gasteiger partial charge in [0.1, 0.15) is 5.82 Å². The zero-order valence-corrected chi connectivity index (χ0v) is 10.6. The van der Waals surface area contributed by atoms with Gasteiger partial charge in [-0.25, -0.2) is 4.39 Å². The highest BCUT2D eigenvalue weighted by Crippen LogP contribution is 2.19. The van der Waals surface area contributed by atoms with Gasteiger partial charge >= 0.3 is 0 Å². The smallest absolute Gasteiger partial charge is 0.238 e. The molecule has 0 aromatic heterocycles. The molecule has 3 N–H and O–H groups in total. The van der Waals surface area contributed by atoms with E-state index in [1.807, 2.05) is 0 Å². The van der Waals surface area contributed by atoms with Crippen LogP contribution in [0.2, 0.25) is 0 Å². The second kappa shape index (κ2) is 7.27. The molecule has 0 aliphatic carbocycles. The van der Waals surface area contributed by atoms with Crippen LogP contribution in [0.5, 0.6) is 0 Å². The van der Waals surface area contributed by atoms with Gasteiger partial charge in [0.15, 0.2) is 0 Å². The van der Waals surface area contributed by atoms with Crippen LogP contribution in [0.4, 0.5) is 15.8 Å². The Balaban J connectivity index is 2.68. The highest BCUT2D eigenvalue weighted by Gasteiger charge is 2.08. The third-order valence-corrected chi connectivity index (χ3v) is 2.14. The van der Waals surface area contributed by atoms with E-state index in [0.29, 0.717) is 12.2 Å². The molecule has 0 radical (unpaired) electrons. The van der Waals surface area contributed by atoms with Crippen molar-refractivity contribution in [3.8, 4) is 0 Å². The minimum Gasteiger partial charge on any atom is -0.326 e. The molecule has 2 amide bonds. The van der Waals surface area contributed by atoms with E-state index in [4.69, 9.17) is 0 Å². The van der Waals surface area contributed by atoms with Crippen LogP contribution in [0.1, 0.15) is 6.92 Å². The normalized spacial score (nSPS) is 9.79. The lowest BCUT2D eigenvalue weighted by Crippen LogP contribution is -2.28. The van der Waals surface area contributed by atoms with Gasteiger partial charge in [-0.2, -0.15) is 0 Å². The summed E-state index contributed by atoms with van der Waals surface area (Å²) in [6, 6.07) is 3.96. The fraction of sp³-hybridized carbons (Fsp3) is 0.231. The van der Waals surface area contributed by atoms with Crippen molar-refractivity contribution in [2.75, 3.05) is 23.7 Å². The summed E-state index contributed by atoms with van der Waals surface area (Å²) < 4.78 is 13.5. The molecule has 102 valence electrons. The Hall–Kier alpha value is -2.21. The lowest BCUT2D eigenvalue weighted by Gasteiger charge is -2.09. The molecule has 0 fully saturated rings. The minimum absolute atomic E-state index is 0.0247. The Labute approximate surface area is 110 Å². The summed E-state index contributed by atoms with van der Waals surface area (Å²) in [4.78, 5) is 22.4. The van der Waals surface area contributed by atoms with Crippen LogP contribution in [-0.2, 0) is 9.59 Å². The monoisotopic (exact) mass is 265 g/mol. The Morgan fingerprint density at radius 2 is 2.11 bits per heavy atom. The summed E-state index contributed by atoms with van der Waals surface area (Å²) in [5, 5.41) is 7.73. The van der Waals surface area contributed by atoms with E-state index in [9.17, 15) is 14.0 Å². The van der Waals surface area contributed by atoms with Crippen molar-refractivity contribution in [3.63, 3.8) is 0 Å². The number of amides is 2. The molecule has 6 heteroatoms. The number of carbonyl (C=O) groups excluding carboxylic acids is 2. The molecule has 0 unspecified atom stereocenters. The lowest BCUT2D eigenvalue weighted by molar-refractivity contribution is -0.115. The number of hydrogen-bond donors (Lipinski definition) is 3. The van der Waals surface area contributed by atoms with Gasteiger partial charge in [0.2, 0.25) is 11.8 Å². The summed E-state index contributed by atoms with van der Waals surface area (Å²) in [7, 11) is 0. The summed E-state index contributed by atoms with van der Waals surface area (Å²) in [5.41, 5.74) is 0.444. The van der Waals surface area contributed by atoms with E-state index < -0.39 is 5.82 Å². The average molecular weight is 265 g/mol. The predicted molar refractivity (Wildman–Crippen MR) is 72.4 cm³/mol. The Kier molecular flexibility index (Phi) is 5.69. The number of benzene rings is 1. The van der Waals surface area contributed by atoms with Crippen LogP contribution in [0.3, 0.4) is 0 Å². The van der Waals surface area contributed by atoms with Crippen LogP contribution in [0.15, 0.2) is 30.9 Å². The van der Waals surface area contributed by atoms with Crippen molar-refractivity contribution < 1.29 is 14.0 Å². The van der Waals surface area contributed by atoms with Crippen molar-refractivity contribution in [1.82, 2.24) is 5.32 Å². The number of rotatable bonds is 6. The minimum atomic E-state index is -0.564. The van der Waals surface area contributed by atoms with Gasteiger partial charge in [-0.05, 0) is 18.2 Å². The second-order valence-electron chi connectivity index (χ2n) is 3.84. The molecule has 0 aliphatic heterocycles. The first kappa shape index (κ1) is 14.8. The molecule has 0 heterocycles. The van der Waals surface area contributed by atoms with Gasteiger partial charge in [0.05, 0.1) is 12.2 Å². The first-order valence-electron chi connectivity index (χ1n) is 5.71. The van der Waals surface area contributed by atoms with Crippen molar-refractivity contribution in [2.24, 2.45) is 0 Å². The van der Waals surface area contributed by atoms with Crippen molar-refractivity contribution >= 4 is 23.2 Å². The van der Waals surface area contributed by atoms with E-state index >= 15 is 0 Å². The summed E-state index contributed by atoms with van der Waals surface area (Å²) in [5.74, 6) is -1.21. The molecule has 19 heavy (non-hydrogen) atoms. The maximum Gasteiger partial charge on any atom is 0.238 e. The Morgan fingerprint density at radius 1 is 1.37 bits per heavy atom. The maximum absolute atomic E-state index is 13.5. The molecule has 1 aromatic carbocycles. The molecular formula is C13H16FN3O2. The number of carbonyl (C=O) groups is 2. The lowest BCUT2D eigenvalue weighted by atomic mass is 10.2. The highest BCUT2D eigenvalue weighted by molar-refractivity contribution is 5.94. The highest BCUT2D eigenvalue weighted by atomic mass is 19.1. The number of hydrogen-bond acceptors (Lipinski definition) is 3. The van der Waals surface area contributed by atoms with Gasteiger partial charge in [-0.15, -0.1) is 6.58 Å².